The van der Waals surface area contributed by atoms with E-state index in [2.05, 4.69) is 41.0 Å². The highest BCUT2D eigenvalue weighted by atomic mass is 15.1. The number of hydrogen-bond acceptors (Lipinski definition) is 3. The molecule has 0 aliphatic carbocycles. The van der Waals surface area contributed by atoms with E-state index >= 15 is 0 Å². The number of aromatic nitrogens is 1. The minimum atomic E-state index is 0.305. The summed E-state index contributed by atoms with van der Waals surface area (Å²) >= 11 is 0. The normalized spacial score (nSPS) is 22.5. The lowest BCUT2D eigenvalue weighted by Gasteiger charge is -2.21. The van der Waals surface area contributed by atoms with Crippen molar-refractivity contribution in [3.05, 3.63) is 36.3 Å². The van der Waals surface area contributed by atoms with E-state index in [0.717, 1.165) is 6.54 Å². The Morgan fingerprint density at radius 1 is 1.47 bits per heavy atom. The molecule has 0 spiro atoms. The Hall–Kier alpha value is -1.64. The first-order valence-electron chi connectivity index (χ1n) is 5.12. The SMILES string of the molecule is CC1C=N/C=C\CN(C)c2ccncc21. The van der Waals surface area contributed by atoms with Crippen LogP contribution in [0.4, 0.5) is 5.69 Å². The van der Waals surface area contributed by atoms with Crippen molar-refractivity contribution in [1.29, 1.82) is 0 Å². The van der Waals surface area contributed by atoms with Crippen LogP contribution in [0.3, 0.4) is 0 Å². The maximum Gasteiger partial charge on any atom is 0.0436 e. The quantitative estimate of drug-likeness (QED) is 0.644. The van der Waals surface area contributed by atoms with E-state index in [0.29, 0.717) is 5.92 Å². The number of rotatable bonds is 0. The molecule has 2 rings (SSSR count). The van der Waals surface area contributed by atoms with Crippen LogP contribution in [-0.2, 0) is 0 Å². The van der Waals surface area contributed by atoms with Gasteiger partial charge < -0.3 is 4.90 Å². The fraction of sp³-hybridized carbons (Fsp3) is 0.333. The molecule has 1 aliphatic rings. The molecular formula is C12H15N3. The monoisotopic (exact) mass is 201 g/mol. The van der Waals surface area contributed by atoms with Gasteiger partial charge in [0.15, 0.2) is 0 Å². The Labute approximate surface area is 90.2 Å². The summed E-state index contributed by atoms with van der Waals surface area (Å²) in [6.07, 6.45) is 9.62. The van der Waals surface area contributed by atoms with Gasteiger partial charge in [-0.05, 0) is 12.1 Å². The number of likely N-dealkylation sites (N-methyl/N-ethyl adjacent to an activating group) is 1. The van der Waals surface area contributed by atoms with Crippen LogP contribution >= 0.6 is 0 Å². The molecule has 1 unspecified atom stereocenters. The molecule has 0 N–H and O–H groups in total. The lowest BCUT2D eigenvalue weighted by Crippen LogP contribution is -2.19. The molecule has 0 aromatic carbocycles. The second-order valence-corrected chi connectivity index (χ2v) is 3.79. The van der Waals surface area contributed by atoms with E-state index in [9.17, 15) is 0 Å². The van der Waals surface area contributed by atoms with E-state index in [-0.39, 0.29) is 0 Å². The van der Waals surface area contributed by atoms with Crippen LogP contribution in [0, 0.1) is 0 Å². The van der Waals surface area contributed by atoms with E-state index < -0.39 is 0 Å². The molecule has 2 heterocycles. The van der Waals surface area contributed by atoms with Crippen molar-refractivity contribution in [1.82, 2.24) is 4.98 Å². The highest BCUT2D eigenvalue weighted by Crippen LogP contribution is 2.25. The number of pyridine rings is 1. The summed E-state index contributed by atoms with van der Waals surface area (Å²) in [7, 11) is 2.08. The summed E-state index contributed by atoms with van der Waals surface area (Å²) in [6, 6.07) is 2.05. The first-order valence-corrected chi connectivity index (χ1v) is 5.12. The molecule has 0 saturated heterocycles. The number of nitrogens with zero attached hydrogens (tertiary/aromatic N) is 3. The van der Waals surface area contributed by atoms with Crippen LogP contribution < -0.4 is 4.90 Å². The van der Waals surface area contributed by atoms with Crippen molar-refractivity contribution >= 4 is 11.9 Å². The predicted molar refractivity (Wildman–Crippen MR) is 63.6 cm³/mol. The first-order chi connectivity index (χ1) is 7.29. The summed E-state index contributed by atoms with van der Waals surface area (Å²) in [5, 5.41) is 0. The molecule has 78 valence electrons. The molecule has 1 atom stereocenters. The maximum atomic E-state index is 4.25. The average molecular weight is 201 g/mol. The van der Waals surface area contributed by atoms with Crippen molar-refractivity contribution in [2.24, 2.45) is 4.99 Å². The second-order valence-electron chi connectivity index (χ2n) is 3.79. The maximum absolute atomic E-state index is 4.25. The van der Waals surface area contributed by atoms with Crippen LogP contribution in [0.15, 0.2) is 35.7 Å². The van der Waals surface area contributed by atoms with Gasteiger partial charge in [0.25, 0.3) is 0 Å². The molecule has 1 aromatic heterocycles. The van der Waals surface area contributed by atoms with Gasteiger partial charge >= 0.3 is 0 Å². The minimum Gasteiger partial charge on any atom is -0.370 e. The van der Waals surface area contributed by atoms with E-state index in [1.807, 2.05) is 24.8 Å². The van der Waals surface area contributed by atoms with Crippen LogP contribution in [0.5, 0.6) is 0 Å². The summed E-state index contributed by atoms with van der Waals surface area (Å²) in [5.74, 6) is 0.305. The topological polar surface area (TPSA) is 28.5 Å². The van der Waals surface area contributed by atoms with E-state index in [4.69, 9.17) is 0 Å². The zero-order valence-corrected chi connectivity index (χ0v) is 9.09. The van der Waals surface area contributed by atoms with Gasteiger partial charge in [0.05, 0.1) is 0 Å². The van der Waals surface area contributed by atoms with Crippen LogP contribution in [0.1, 0.15) is 18.4 Å². The smallest absolute Gasteiger partial charge is 0.0436 e. The van der Waals surface area contributed by atoms with Gasteiger partial charge in [0.1, 0.15) is 0 Å². The van der Waals surface area contributed by atoms with E-state index in [1.54, 1.807) is 0 Å². The molecule has 1 aromatic rings. The fourth-order valence-electron chi connectivity index (χ4n) is 1.72. The summed E-state index contributed by atoms with van der Waals surface area (Å²) in [6.45, 7) is 3.01. The van der Waals surface area contributed by atoms with Crippen LogP contribution in [0.2, 0.25) is 0 Å². The largest absolute Gasteiger partial charge is 0.370 e. The van der Waals surface area contributed by atoms with Crippen molar-refractivity contribution in [3.63, 3.8) is 0 Å². The lowest BCUT2D eigenvalue weighted by molar-refractivity contribution is 0.964. The standard InChI is InChI=1S/C12H15N3/c1-10-8-13-5-3-7-15(2)12-4-6-14-9-11(10)12/h3-6,8-10H,7H2,1-2H3/b5-3-,13-8?. The third kappa shape index (κ3) is 2.06. The highest BCUT2D eigenvalue weighted by molar-refractivity contribution is 5.72. The lowest BCUT2D eigenvalue weighted by atomic mass is 10.0. The average Bonchev–Trinajstić information content (AvgIpc) is 2.33. The molecule has 0 bridgehead atoms. The molecule has 0 fully saturated rings. The summed E-state index contributed by atoms with van der Waals surface area (Å²) in [4.78, 5) is 10.6. The Morgan fingerprint density at radius 3 is 3.20 bits per heavy atom. The van der Waals surface area contributed by atoms with Gasteiger partial charge in [-0.2, -0.15) is 0 Å². The Balaban J connectivity index is 2.47. The van der Waals surface area contributed by atoms with Crippen LogP contribution in [0.25, 0.3) is 0 Å². The van der Waals surface area contributed by atoms with Crippen LogP contribution in [-0.4, -0.2) is 24.8 Å². The zero-order chi connectivity index (χ0) is 10.7. The van der Waals surface area contributed by atoms with Crippen molar-refractivity contribution in [2.45, 2.75) is 12.8 Å². The molecular weight excluding hydrogens is 186 g/mol. The third-order valence-electron chi connectivity index (χ3n) is 2.61. The second kappa shape index (κ2) is 4.26. The Kier molecular flexibility index (Phi) is 2.81. The molecule has 0 saturated carbocycles. The Morgan fingerprint density at radius 2 is 2.33 bits per heavy atom. The van der Waals surface area contributed by atoms with Gasteiger partial charge in [-0.3, -0.25) is 9.98 Å². The van der Waals surface area contributed by atoms with Crippen molar-refractivity contribution < 1.29 is 0 Å². The van der Waals surface area contributed by atoms with Gasteiger partial charge in [0.2, 0.25) is 0 Å². The van der Waals surface area contributed by atoms with E-state index in [1.165, 1.54) is 11.3 Å². The van der Waals surface area contributed by atoms with Gasteiger partial charge in [-0.25, -0.2) is 0 Å². The molecule has 1 aliphatic heterocycles. The number of anilines is 1. The summed E-state index contributed by atoms with van der Waals surface area (Å²) < 4.78 is 0. The van der Waals surface area contributed by atoms with Crippen molar-refractivity contribution in [2.75, 3.05) is 18.5 Å². The number of aliphatic imine (C=N–C) groups is 1. The molecule has 3 nitrogen and oxygen atoms in total. The van der Waals surface area contributed by atoms with Gasteiger partial charge in [0, 0.05) is 55.6 Å². The predicted octanol–water partition coefficient (Wildman–Crippen LogP) is 2.22. The highest BCUT2D eigenvalue weighted by Gasteiger charge is 2.12. The first kappa shape index (κ1) is 9.90. The van der Waals surface area contributed by atoms with Gasteiger partial charge in [-0.1, -0.05) is 6.92 Å². The molecule has 15 heavy (non-hydrogen) atoms. The zero-order valence-electron chi connectivity index (χ0n) is 9.09. The summed E-state index contributed by atoms with van der Waals surface area (Å²) in [5.41, 5.74) is 2.46. The van der Waals surface area contributed by atoms with Gasteiger partial charge in [-0.15, -0.1) is 0 Å². The molecule has 3 heteroatoms. The number of hydrogen-bond donors (Lipinski definition) is 0. The van der Waals surface area contributed by atoms with Crippen molar-refractivity contribution in [3.8, 4) is 0 Å². The number of fused-ring (bicyclic) bond motifs is 1. The third-order valence-corrected chi connectivity index (χ3v) is 2.61. The Bertz CT molecular complexity index is 396. The molecule has 0 radical (unpaired) electrons. The fourth-order valence-corrected chi connectivity index (χ4v) is 1.72. The minimum absolute atomic E-state index is 0.305. The molecule has 0 amide bonds.